The van der Waals surface area contributed by atoms with Gasteiger partial charge < -0.3 is 10.3 Å². The normalized spacial score (nSPS) is 12.7. The lowest BCUT2D eigenvalue weighted by Crippen LogP contribution is -2.08. The predicted molar refractivity (Wildman–Crippen MR) is 73.2 cm³/mol. The first-order valence-electron chi connectivity index (χ1n) is 6.42. The summed E-state index contributed by atoms with van der Waals surface area (Å²) in [6.07, 6.45) is 1.96. The van der Waals surface area contributed by atoms with Crippen LogP contribution in [0.15, 0.2) is 28.8 Å². The average Bonchev–Trinajstić information content (AvgIpc) is 2.82. The molecule has 0 aliphatic carbocycles. The fourth-order valence-electron chi connectivity index (χ4n) is 2.07. The molecule has 2 N–H and O–H groups in total. The Morgan fingerprint density at radius 2 is 2.11 bits per heavy atom. The fraction of sp³-hybridized carbons (Fsp3) is 0.400. The van der Waals surface area contributed by atoms with Crippen LogP contribution in [0.2, 0.25) is 0 Å². The molecule has 1 heterocycles. The van der Waals surface area contributed by atoms with Crippen LogP contribution in [0.1, 0.15) is 42.7 Å². The van der Waals surface area contributed by atoms with E-state index in [2.05, 4.69) is 38.1 Å². The highest BCUT2D eigenvalue weighted by Crippen LogP contribution is 2.27. The number of aryl methyl sites for hydroxylation is 1. The van der Waals surface area contributed by atoms with Gasteiger partial charge in [-0.15, -0.1) is 0 Å². The minimum atomic E-state index is -0.0543. The van der Waals surface area contributed by atoms with Crippen molar-refractivity contribution < 1.29 is 4.52 Å². The highest BCUT2D eigenvalue weighted by molar-refractivity contribution is 5.64. The lowest BCUT2D eigenvalue weighted by Gasteiger charge is -2.05. The van der Waals surface area contributed by atoms with Crippen molar-refractivity contribution in [3.8, 4) is 11.3 Å². The van der Waals surface area contributed by atoms with E-state index < -0.39 is 0 Å². The Kier molecular flexibility index (Phi) is 3.82. The molecule has 3 nitrogen and oxygen atoms in total. The van der Waals surface area contributed by atoms with Gasteiger partial charge in [0.15, 0.2) is 5.76 Å². The van der Waals surface area contributed by atoms with Crippen molar-refractivity contribution in [3.05, 3.63) is 41.2 Å². The summed E-state index contributed by atoms with van der Waals surface area (Å²) in [5.41, 5.74) is 10.5. The maximum atomic E-state index is 6.03. The molecule has 0 spiro atoms. The quantitative estimate of drug-likeness (QED) is 0.891. The Morgan fingerprint density at radius 1 is 1.33 bits per heavy atom. The molecular weight excluding hydrogens is 224 g/mol. The Hall–Kier alpha value is -1.61. The third-order valence-electron chi connectivity index (χ3n) is 3.37. The topological polar surface area (TPSA) is 52.0 Å². The van der Waals surface area contributed by atoms with Crippen LogP contribution in [0.4, 0.5) is 0 Å². The van der Waals surface area contributed by atoms with E-state index in [0.717, 1.165) is 29.9 Å². The van der Waals surface area contributed by atoms with Gasteiger partial charge in [-0.2, -0.15) is 0 Å². The second-order valence-electron chi connectivity index (χ2n) is 4.76. The number of rotatable bonds is 4. The van der Waals surface area contributed by atoms with Crippen LogP contribution in [0.25, 0.3) is 11.3 Å². The molecule has 0 saturated heterocycles. The minimum absolute atomic E-state index is 0.0543. The largest absolute Gasteiger partial charge is 0.359 e. The Morgan fingerprint density at radius 3 is 2.83 bits per heavy atom. The van der Waals surface area contributed by atoms with Crippen LogP contribution in [0.5, 0.6) is 0 Å². The summed E-state index contributed by atoms with van der Waals surface area (Å²) >= 11 is 0. The molecule has 0 radical (unpaired) electrons. The lowest BCUT2D eigenvalue weighted by molar-refractivity contribution is 0.356. The predicted octanol–water partition coefficient (Wildman–Crippen LogP) is 3.76. The number of hydrogen-bond acceptors (Lipinski definition) is 3. The molecule has 0 saturated carbocycles. The van der Waals surface area contributed by atoms with Gasteiger partial charge in [0.1, 0.15) is 5.69 Å². The van der Waals surface area contributed by atoms with Gasteiger partial charge in [-0.1, -0.05) is 36.7 Å². The first-order chi connectivity index (χ1) is 8.63. The smallest absolute Gasteiger partial charge is 0.154 e. The molecule has 2 rings (SSSR count). The second kappa shape index (κ2) is 5.36. The van der Waals surface area contributed by atoms with E-state index in [9.17, 15) is 0 Å². The highest BCUT2D eigenvalue weighted by Gasteiger charge is 2.14. The Labute approximate surface area is 108 Å². The molecule has 2 aromatic rings. The van der Waals surface area contributed by atoms with Crippen molar-refractivity contribution in [2.24, 2.45) is 5.73 Å². The van der Waals surface area contributed by atoms with Crippen LogP contribution in [0, 0.1) is 13.8 Å². The van der Waals surface area contributed by atoms with Crippen LogP contribution >= 0.6 is 0 Å². The van der Waals surface area contributed by atoms with E-state index in [1.165, 1.54) is 11.1 Å². The van der Waals surface area contributed by atoms with Gasteiger partial charge in [-0.3, -0.25) is 0 Å². The summed E-state index contributed by atoms with van der Waals surface area (Å²) in [6.45, 7) is 6.31. The highest BCUT2D eigenvalue weighted by atomic mass is 16.5. The molecule has 0 bridgehead atoms. The number of hydrogen-bond donors (Lipinski definition) is 1. The second-order valence-corrected chi connectivity index (χ2v) is 4.76. The van der Waals surface area contributed by atoms with Gasteiger partial charge in [0.25, 0.3) is 0 Å². The summed E-state index contributed by atoms with van der Waals surface area (Å²) < 4.78 is 5.35. The van der Waals surface area contributed by atoms with Crippen molar-refractivity contribution in [1.82, 2.24) is 5.16 Å². The van der Waals surface area contributed by atoms with Crippen LogP contribution < -0.4 is 5.73 Å². The molecule has 3 heteroatoms. The molecule has 0 amide bonds. The molecule has 1 aromatic heterocycles. The Bertz CT molecular complexity index is 531. The molecule has 0 aliphatic heterocycles. The summed E-state index contributed by atoms with van der Waals surface area (Å²) in [6, 6.07) is 8.11. The minimum Gasteiger partial charge on any atom is -0.359 e. The van der Waals surface area contributed by atoms with Gasteiger partial charge in [0, 0.05) is 11.6 Å². The standard InChI is InChI=1S/C15H20N2O/c1-4-6-13(16)15-9-14(17-18-15)12-8-5-7-10(2)11(12)3/h5,7-9,13H,4,6,16H2,1-3H3. The molecule has 0 aliphatic rings. The van der Waals surface area contributed by atoms with E-state index in [-0.39, 0.29) is 6.04 Å². The summed E-state index contributed by atoms with van der Waals surface area (Å²) in [5.74, 6) is 0.771. The van der Waals surface area contributed by atoms with E-state index in [1.54, 1.807) is 0 Å². The van der Waals surface area contributed by atoms with Crippen molar-refractivity contribution in [2.75, 3.05) is 0 Å². The van der Waals surface area contributed by atoms with Gasteiger partial charge in [0.05, 0.1) is 6.04 Å². The zero-order valence-electron chi connectivity index (χ0n) is 11.2. The summed E-state index contributed by atoms with van der Waals surface area (Å²) in [7, 11) is 0. The summed E-state index contributed by atoms with van der Waals surface area (Å²) in [4.78, 5) is 0. The monoisotopic (exact) mass is 244 g/mol. The van der Waals surface area contributed by atoms with Crippen molar-refractivity contribution in [2.45, 2.75) is 39.7 Å². The van der Waals surface area contributed by atoms with Gasteiger partial charge in [0.2, 0.25) is 0 Å². The van der Waals surface area contributed by atoms with E-state index in [4.69, 9.17) is 10.3 Å². The Balaban J connectivity index is 2.32. The molecule has 96 valence electrons. The first kappa shape index (κ1) is 12.8. The molecule has 1 atom stereocenters. The number of nitrogens with two attached hydrogens (primary N) is 1. The van der Waals surface area contributed by atoms with Gasteiger partial charge in [-0.05, 0) is 31.4 Å². The van der Waals surface area contributed by atoms with Crippen molar-refractivity contribution in [1.29, 1.82) is 0 Å². The van der Waals surface area contributed by atoms with Crippen molar-refractivity contribution >= 4 is 0 Å². The van der Waals surface area contributed by atoms with Gasteiger partial charge >= 0.3 is 0 Å². The molecular formula is C15H20N2O. The molecule has 18 heavy (non-hydrogen) atoms. The third kappa shape index (κ3) is 2.46. The van der Waals surface area contributed by atoms with Crippen LogP contribution in [-0.2, 0) is 0 Å². The zero-order chi connectivity index (χ0) is 13.1. The average molecular weight is 244 g/mol. The van der Waals surface area contributed by atoms with E-state index in [1.807, 2.05) is 12.1 Å². The SMILES string of the molecule is CCCC(N)c1cc(-c2cccc(C)c2C)no1. The number of nitrogens with zero attached hydrogens (tertiary/aromatic N) is 1. The van der Waals surface area contributed by atoms with Crippen molar-refractivity contribution in [3.63, 3.8) is 0 Å². The number of aromatic nitrogens is 1. The first-order valence-corrected chi connectivity index (χ1v) is 6.42. The fourth-order valence-corrected chi connectivity index (χ4v) is 2.07. The van der Waals surface area contributed by atoms with E-state index >= 15 is 0 Å². The van der Waals surface area contributed by atoms with Gasteiger partial charge in [-0.25, -0.2) is 0 Å². The lowest BCUT2D eigenvalue weighted by atomic mass is 10.0. The third-order valence-corrected chi connectivity index (χ3v) is 3.37. The molecule has 1 aromatic carbocycles. The van der Waals surface area contributed by atoms with E-state index in [0.29, 0.717) is 0 Å². The maximum Gasteiger partial charge on any atom is 0.154 e. The maximum absolute atomic E-state index is 6.03. The molecule has 0 fully saturated rings. The zero-order valence-corrected chi connectivity index (χ0v) is 11.2. The van der Waals surface area contributed by atoms with Crippen LogP contribution in [-0.4, -0.2) is 5.16 Å². The molecule has 1 unspecified atom stereocenters. The van der Waals surface area contributed by atoms with Crippen LogP contribution in [0.3, 0.4) is 0 Å². The summed E-state index contributed by atoms with van der Waals surface area (Å²) in [5, 5.41) is 4.14. The number of benzene rings is 1.